The Bertz CT molecular complexity index is 313. The van der Waals surface area contributed by atoms with Gasteiger partial charge in [0.05, 0.1) is 0 Å². The first kappa shape index (κ1) is 14.2. The van der Waals surface area contributed by atoms with Gasteiger partial charge in [0.1, 0.15) is 0 Å². The van der Waals surface area contributed by atoms with E-state index >= 15 is 0 Å². The quantitative estimate of drug-likeness (QED) is 0.761. The number of hydrogen-bond donors (Lipinski definition) is 1. The molecule has 1 rings (SSSR count). The van der Waals surface area contributed by atoms with Crippen LogP contribution in [0.3, 0.4) is 0 Å². The summed E-state index contributed by atoms with van der Waals surface area (Å²) in [6.45, 7) is 8.97. The lowest BCUT2D eigenvalue weighted by Crippen LogP contribution is -2.14. The summed E-state index contributed by atoms with van der Waals surface area (Å²) in [6.07, 6.45) is 3.62. The van der Waals surface area contributed by atoms with Crippen molar-refractivity contribution < 1.29 is 0 Å². The van der Waals surface area contributed by atoms with E-state index in [2.05, 4.69) is 52.0 Å². The van der Waals surface area contributed by atoms with Gasteiger partial charge < -0.3 is 5.73 Å². The van der Waals surface area contributed by atoms with Gasteiger partial charge in [0, 0.05) is 6.04 Å². The van der Waals surface area contributed by atoms with Gasteiger partial charge in [0.2, 0.25) is 0 Å². The molecular weight excluding hydrogens is 206 g/mol. The predicted octanol–water partition coefficient (Wildman–Crippen LogP) is 4.64. The molecule has 1 aromatic carbocycles. The maximum absolute atomic E-state index is 6.25. The Labute approximate surface area is 106 Å². The highest BCUT2D eigenvalue weighted by Gasteiger charge is 2.10. The Kier molecular flexibility index (Phi) is 5.70. The van der Waals surface area contributed by atoms with Crippen LogP contribution in [0.4, 0.5) is 0 Å². The van der Waals surface area contributed by atoms with Gasteiger partial charge in [0.15, 0.2) is 0 Å². The second-order valence-electron chi connectivity index (χ2n) is 5.56. The highest BCUT2D eigenvalue weighted by Crippen LogP contribution is 2.23. The lowest BCUT2D eigenvalue weighted by molar-refractivity contribution is 0.440. The van der Waals surface area contributed by atoms with E-state index in [1.54, 1.807) is 0 Å². The van der Waals surface area contributed by atoms with Gasteiger partial charge in [-0.1, -0.05) is 64.8 Å². The molecule has 0 fully saturated rings. The van der Waals surface area contributed by atoms with E-state index in [4.69, 9.17) is 5.73 Å². The molecule has 2 N–H and O–H groups in total. The van der Waals surface area contributed by atoms with Crippen LogP contribution in [0.5, 0.6) is 0 Å². The first-order chi connectivity index (χ1) is 8.04. The Morgan fingerprint density at radius 2 is 1.53 bits per heavy atom. The molecule has 0 bridgehead atoms. The molecule has 0 aliphatic rings. The molecule has 0 spiro atoms. The first-order valence-corrected chi connectivity index (χ1v) is 6.90. The van der Waals surface area contributed by atoms with E-state index in [0.717, 1.165) is 12.3 Å². The smallest absolute Gasteiger partial charge is 0.0297 e. The summed E-state index contributed by atoms with van der Waals surface area (Å²) in [5.41, 5.74) is 8.92. The van der Waals surface area contributed by atoms with Crippen LogP contribution in [0.15, 0.2) is 24.3 Å². The van der Waals surface area contributed by atoms with Gasteiger partial charge in [-0.2, -0.15) is 0 Å². The highest BCUT2D eigenvalue weighted by atomic mass is 14.6. The van der Waals surface area contributed by atoms with Crippen molar-refractivity contribution in [3.63, 3.8) is 0 Å². The van der Waals surface area contributed by atoms with Crippen molar-refractivity contribution in [2.75, 3.05) is 0 Å². The molecule has 0 heterocycles. The average molecular weight is 233 g/mol. The van der Waals surface area contributed by atoms with Crippen molar-refractivity contribution >= 4 is 0 Å². The molecule has 17 heavy (non-hydrogen) atoms. The van der Waals surface area contributed by atoms with Crippen LogP contribution < -0.4 is 5.73 Å². The fourth-order valence-corrected chi connectivity index (χ4v) is 2.31. The minimum atomic E-state index is 0.192. The molecular formula is C16H27N. The monoisotopic (exact) mass is 233 g/mol. The van der Waals surface area contributed by atoms with E-state index in [-0.39, 0.29) is 6.04 Å². The van der Waals surface area contributed by atoms with E-state index in [9.17, 15) is 0 Å². The highest BCUT2D eigenvalue weighted by molar-refractivity contribution is 5.26. The summed E-state index contributed by atoms with van der Waals surface area (Å²) in [5, 5.41) is 0. The number of hydrogen-bond acceptors (Lipinski definition) is 1. The summed E-state index contributed by atoms with van der Waals surface area (Å²) in [4.78, 5) is 0. The van der Waals surface area contributed by atoms with E-state index in [1.807, 2.05) is 0 Å². The fraction of sp³-hybridized carbons (Fsp3) is 0.625. The van der Waals surface area contributed by atoms with Crippen molar-refractivity contribution in [3.05, 3.63) is 35.4 Å². The third kappa shape index (κ3) is 4.51. The van der Waals surface area contributed by atoms with Gasteiger partial charge in [-0.3, -0.25) is 0 Å². The van der Waals surface area contributed by atoms with Crippen LogP contribution in [0.25, 0.3) is 0 Å². The normalized spacial score (nSPS) is 14.9. The molecule has 1 nitrogen and oxygen atoms in total. The van der Waals surface area contributed by atoms with Crippen molar-refractivity contribution in [1.29, 1.82) is 0 Å². The Balaban J connectivity index is 2.60. The molecule has 0 aliphatic heterocycles. The molecule has 96 valence electrons. The molecule has 2 unspecified atom stereocenters. The fourth-order valence-electron chi connectivity index (χ4n) is 2.31. The molecule has 0 amide bonds. The summed E-state index contributed by atoms with van der Waals surface area (Å²) in [6, 6.07) is 9.00. The Morgan fingerprint density at radius 3 is 2.00 bits per heavy atom. The first-order valence-electron chi connectivity index (χ1n) is 6.90. The van der Waals surface area contributed by atoms with Gasteiger partial charge in [0.25, 0.3) is 0 Å². The summed E-state index contributed by atoms with van der Waals surface area (Å²) in [7, 11) is 0. The van der Waals surface area contributed by atoms with Crippen LogP contribution in [0.2, 0.25) is 0 Å². The molecule has 1 heteroatoms. The summed E-state index contributed by atoms with van der Waals surface area (Å²) in [5.74, 6) is 1.32. The standard InChI is InChI=1S/C16H27N/c1-5-6-13(4)11-16(17)15-9-7-14(8-10-15)12(2)3/h7-10,12-13,16H,5-6,11,17H2,1-4H3. The van der Waals surface area contributed by atoms with Gasteiger partial charge in [-0.15, -0.1) is 0 Å². The van der Waals surface area contributed by atoms with Crippen molar-refractivity contribution in [2.24, 2.45) is 11.7 Å². The summed E-state index contributed by atoms with van der Waals surface area (Å²) < 4.78 is 0. The zero-order chi connectivity index (χ0) is 12.8. The minimum Gasteiger partial charge on any atom is -0.324 e. The SMILES string of the molecule is CCCC(C)CC(N)c1ccc(C(C)C)cc1. The molecule has 0 saturated carbocycles. The van der Waals surface area contributed by atoms with Crippen molar-refractivity contribution in [1.82, 2.24) is 0 Å². The van der Waals surface area contributed by atoms with Crippen LogP contribution in [0, 0.1) is 5.92 Å². The molecule has 1 aromatic rings. The third-order valence-electron chi connectivity index (χ3n) is 3.47. The lowest BCUT2D eigenvalue weighted by Gasteiger charge is -2.17. The maximum atomic E-state index is 6.25. The second kappa shape index (κ2) is 6.80. The molecule has 2 atom stereocenters. The molecule has 0 radical (unpaired) electrons. The van der Waals surface area contributed by atoms with Crippen LogP contribution >= 0.6 is 0 Å². The van der Waals surface area contributed by atoms with Crippen LogP contribution in [0.1, 0.15) is 70.0 Å². The largest absolute Gasteiger partial charge is 0.324 e. The lowest BCUT2D eigenvalue weighted by atomic mass is 9.92. The minimum absolute atomic E-state index is 0.192. The van der Waals surface area contributed by atoms with E-state index < -0.39 is 0 Å². The summed E-state index contributed by atoms with van der Waals surface area (Å²) >= 11 is 0. The third-order valence-corrected chi connectivity index (χ3v) is 3.47. The van der Waals surface area contributed by atoms with Crippen LogP contribution in [-0.2, 0) is 0 Å². The average Bonchev–Trinajstić information content (AvgIpc) is 2.29. The van der Waals surface area contributed by atoms with Crippen molar-refractivity contribution in [2.45, 2.75) is 58.9 Å². The number of rotatable bonds is 6. The Morgan fingerprint density at radius 1 is 1.00 bits per heavy atom. The number of nitrogens with two attached hydrogens (primary N) is 1. The van der Waals surface area contributed by atoms with Crippen molar-refractivity contribution in [3.8, 4) is 0 Å². The predicted molar refractivity (Wildman–Crippen MR) is 76.1 cm³/mol. The zero-order valence-corrected chi connectivity index (χ0v) is 11.7. The van der Waals surface area contributed by atoms with E-state index in [1.165, 1.54) is 24.0 Å². The number of benzene rings is 1. The second-order valence-corrected chi connectivity index (χ2v) is 5.56. The zero-order valence-electron chi connectivity index (χ0n) is 11.7. The van der Waals surface area contributed by atoms with Gasteiger partial charge in [-0.25, -0.2) is 0 Å². The van der Waals surface area contributed by atoms with Gasteiger partial charge in [-0.05, 0) is 29.4 Å². The van der Waals surface area contributed by atoms with E-state index in [0.29, 0.717) is 5.92 Å². The topological polar surface area (TPSA) is 26.0 Å². The Hall–Kier alpha value is -0.820. The molecule has 0 aromatic heterocycles. The molecule has 0 aliphatic carbocycles. The maximum Gasteiger partial charge on any atom is 0.0297 e. The van der Waals surface area contributed by atoms with Gasteiger partial charge >= 0.3 is 0 Å². The molecule has 0 saturated heterocycles. The van der Waals surface area contributed by atoms with Crippen LogP contribution in [-0.4, -0.2) is 0 Å².